The van der Waals surface area contributed by atoms with Crippen LogP contribution < -0.4 is 0 Å². The Balaban J connectivity index is 2.82. The van der Waals surface area contributed by atoms with Crippen LogP contribution >= 0.6 is 11.8 Å². The van der Waals surface area contributed by atoms with Crippen molar-refractivity contribution < 1.29 is 10.0 Å². The Bertz CT molecular complexity index is 199. The Hall–Kier alpha value is -0.185. The highest BCUT2D eigenvalue weighted by atomic mass is 32.2. The van der Waals surface area contributed by atoms with Gasteiger partial charge >= 0.3 is 7.12 Å². The first-order valence-electron chi connectivity index (χ1n) is 3.55. The lowest BCUT2D eigenvalue weighted by Crippen LogP contribution is -2.17. The molecular formula is C7H11BO2S. The van der Waals surface area contributed by atoms with Gasteiger partial charge in [0.15, 0.2) is 0 Å². The molecule has 0 atom stereocenters. The van der Waals surface area contributed by atoms with E-state index in [-0.39, 0.29) is 0 Å². The monoisotopic (exact) mass is 170 g/mol. The van der Waals surface area contributed by atoms with Gasteiger partial charge in [0.25, 0.3) is 0 Å². The summed E-state index contributed by atoms with van der Waals surface area (Å²) in [4.78, 5) is 0.992. The number of hydrogen-bond donors (Lipinski definition) is 2. The minimum absolute atomic E-state index is 0.750. The minimum atomic E-state index is -1.28. The lowest BCUT2D eigenvalue weighted by molar-refractivity contribution is 0.416. The first kappa shape index (κ1) is 8.91. The van der Waals surface area contributed by atoms with Crippen molar-refractivity contribution in [1.82, 2.24) is 0 Å². The third-order valence-corrected chi connectivity index (χ3v) is 2.54. The Morgan fingerprint density at radius 1 is 1.55 bits per heavy atom. The second-order valence-electron chi connectivity index (χ2n) is 2.41. The van der Waals surface area contributed by atoms with E-state index in [1.807, 2.05) is 12.3 Å². The van der Waals surface area contributed by atoms with E-state index in [9.17, 15) is 0 Å². The summed E-state index contributed by atoms with van der Waals surface area (Å²) in [7, 11) is -1.28. The van der Waals surface area contributed by atoms with Crippen LogP contribution in [0.15, 0.2) is 22.5 Å². The zero-order chi connectivity index (χ0) is 8.27. The molecule has 2 N–H and O–H groups in total. The van der Waals surface area contributed by atoms with E-state index < -0.39 is 7.12 Å². The molecule has 1 aliphatic rings. The van der Waals surface area contributed by atoms with Gasteiger partial charge in [-0.15, -0.1) is 11.8 Å². The topological polar surface area (TPSA) is 40.5 Å². The van der Waals surface area contributed by atoms with E-state index in [1.165, 1.54) is 0 Å². The molecule has 0 spiro atoms. The molecule has 60 valence electrons. The van der Waals surface area contributed by atoms with Crippen molar-refractivity contribution >= 4 is 18.9 Å². The van der Waals surface area contributed by atoms with Gasteiger partial charge in [0.1, 0.15) is 0 Å². The highest BCUT2D eigenvalue weighted by Gasteiger charge is 2.19. The molecule has 11 heavy (non-hydrogen) atoms. The Morgan fingerprint density at radius 2 is 2.27 bits per heavy atom. The van der Waals surface area contributed by atoms with Gasteiger partial charge in [-0.05, 0) is 24.6 Å². The van der Waals surface area contributed by atoms with Crippen molar-refractivity contribution in [3.8, 4) is 0 Å². The van der Waals surface area contributed by atoms with Crippen molar-refractivity contribution in [3.63, 3.8) is 0 Å². The van der Waals surface area contributed by atoms with Crippen LogP contribution in [0.25, 0.3) is 0 Å². The maximum absolute atomic E-state index is 8.93. The lowest BCUT2D eigenvalue weighted by atomic mass is 9.75. The molecule has 4 heteroatoms. The van der Waals surface area contributed by atoms with E-state index >= 15 is 0 Å². The summed E-state index contributed by atoms with van der Waals surface area (Å²) in [6.07, 6.45) is 7.62. The number of thioether (sulfide) groups is 1. The second-order valence-corrected chi connectivity index (χ2v) is 3.26. The maximum atomic E-state index is 8.93. The quantitative estimate of drug-likeness (QED) is 0.606. The molecule has 0 fully saturated rings. The van der Waals surface area contributed by atoms with Gasteiger partial charge in [0.05, 0.1) is 0 Å². The van der Waals surface area contributed by atoms with Crippen LogP contribution in [-0.2, 0) is 0 Å². The molecule has 0 saturated heterocycles. The smallest absolute Gasteiger partial charge is 0.423 e. The summed E-state index contributed by atoms with van der Waals surface area (Å²) in [6.45, 7) is 0. The van der Waals surface area contributed by atoms with Crippen molar-refractivity contribution in [3.05, 3.63) is 22.5 Å². The van der Waals surface area contributed by atoms with Crippen molar-refractivity contribution in [2.45, 2.75) is 12.8 Å². The van der Waals surface area contributed by atoms with E-state index in [0.717, 1.165) is 23.2 Å². The standard InChI is InChI=1S/C7H11BO2S/c1-11-7-5-3-2-4-6(7)8(9)10/h3,5,9-10H,2,4H2,1H3. The molecule has 0 aromatic carbocycles. The molecule has 0 heterocycles. The van der Waals surface area contributed by atoms with Crippen LogP contribution in [-0.4, -0.2) is 23.4 Å². The molecule has 0 aromatic heterocycles. The summed E-state index contributed by atoms with van der Waals surface area (Å²) in [5.74, 6) is 0. The minimum Gasteiger partial charge on any atom is -0.423 e. The summed E-state index contributed by atoms with van der Waals surface area (Å²) in [5.41, 5.74) is 0.750. The van der Waals surface area contributed by atoms with E-state index in [1.54, 1.807) is 11.8 Å². The van der Waals surface area contributed by atoms with E-state index in [4.69, 9.17) is 10.0 Å². The first-order chi connectivity index (χ1) is 5.25. The average Bonchev–Trinajstić information content (AvgIpc) is 2.04. The Labute approximate surface area is 71.1 Å². The summed E-state index contributed by atoms with van der Waals surface area (Å²) in [6, 6.07) is 0. The molecule has 1 aliphatic carbocycles. The molecule has 0 bridgehead atoms. The number of allylic oxidation sites excluding steroid dienone is 3. The third kappa shape index (κ3) is 2.12. The first-order valence-corrected chi connectivity index (χ1v) is 4.78. The van der Waals surface area contributed by atoms with Gasteiger partial charge in [0.2, 0.25) is 0 Å². The van der Waals surface area contributed by atoms with Crippen molar-refractivity contribution in [2.75, 3.05) is 6.26 Å². The predicted octanol–water partition coefficient (Wildman–Crippen LogP) is 0.965. The van der Waals surface area contributed by atoms with E-state index in [0.29, 0.717) is 0 Å². The fourth-order valence-electron chi connectivity index (χ4n) is 1.11. The Kier molecular flexibility index (Phi) is 3.24. The van der Waals surface area contributed by atoms with Gasteiger partial charge in [-0.3, -0.25) is 0 Å². The zero-order valence-corrected chi connectivity index (χ0v) is 7.27. The Morgan fingerprint density at radius 3 is 2.73 bits per heavy atom. The summed E-state index contributed by atoms with van der Waals surface area (Å²) < 4.78 is 0. The van der Waals surface area contributed by atoms with Gasteiger partial charge in [0, 0.05) is 4.91 Å². The highest BCUT2D eigenvalue weighted by Crippen LogP contribution is 2.26. The van der Waals surface area contributed by atoms with Crippen LogP contribution in [0, 0.1) is 0 Å². The van der Waals surface area contributed by atoms with Crippen LogP contribution in [0.5, 0.6) is 0 Å². The van der Waals surface area contributed by atoms with Gasteiger partial charge in [-0.1, -0.05) is 12.2 Å². The van der Waals surface area contributed by atoms with Crippen LogP contribution in [0.2, 0.25) is 0 Å². The van der Waals surface area contributed by atoms with Gasteiger partial charge in [-0.25, -0.2) is 0 Å². The van der Waals surface area contributed by atoms with Gasteiger partial charge in [-0.2, -0.15) is 0 Å². The molecule has 1 rings (SSSR count). The second kappa shape index (κ2) is 4.00. The molecule has 2 nitrogen and oxygen atoms in total. The SMILES string of the molecule is CSC1=C(B(O)O)CCC=C1. The number of rotatable bonds is 2. The molecule has 0 aliphatic heterocycles. The van der Waals surface area contributed by atoms with Crippen LogP contribution in [0.1, 0.15) is 12.8 Å². The lowest BCUT2D eigenvalue weighted by Gasteiger charge is -2.12. The van der Waals surface area contributed by atoms with Crippen molar-refractivity contribution in [2.24, 2.45) is 0 Å². The third-order valence-electron chi connectivity index (χ3n) is 1.70. The van der Waals surface area contributed by atoms with Crippen LogP contribution in [0.4, 0.5) is 0 Å². The zero-order valence-electron chi connectivity index (χ0n) is 6.45. The van der Waals surface area contributed by atoms with Gasteiger partial charge < -0.3 is 10.0 Å². The molecule has 0 amide bonds. The largest absolute Gasteiger partial charge is 0.485 e. The molecule has 0 unspecified atom stereocenters. The predicted molar refractivity (Wildman–Crippen MR) is 49.1 cm³/mol. The van der Waals surface area contributed by atoms with Crippen molar-refractivity contribution in [1.29, 1.82) is 0 Å². The highest BCUT2D eigenvalue weighted by molar-refractivity contribution is 8.02. The average molecular weight is 170 g/mol. The molecule has 0 radical (unpaired) electrons. The van der Waals surface area contributed by atoms with E-state index in [2.05, 4.69) is 6.08 Å². The maximum Gasteiger partial charge on any atom is 0.485 e. The summed E-state index contributed by atoms with van der Waals surface area (Å²) >= 11 is 1.55. The number of hydrogen-bond acceptors (Lipinski definition) is 3. The van der Waals surface area contributed by atoms with Crippen LogP contribution in [0.3, 0.4) is 0 Å². The molecular weight excluding hydrogens is 159 g/mol. The summed E-state index contributed by atoms with van der Waals surface area (Å²) in [5, 5.41) is 17.9. The fourth-order valence-corrected chi connectivity index (χ4v) is 1.82. The molecule has 0 aromatic rings. The molecule has 0 saturated carbocycles. The fraction of sp³-hybridized carbons (Fsp3) is 0.429. The normalized spacial score (nSPS) is 17.4.